The number of nitrogens with one attached hydrogen (secondary N) is 1. The van der Waals surface area contributed by atoms with Gasteiger partial charge in [0.05, 0.1) is 11.6 Å². The average molecular weight is 267 g/mol. The van der Waals surface area contributed by atoms with Crippen LogP contribution in [0.1, 0.15) is 42.1 Å². The lowest BCUT2D eigenvalue weighted by atomic mass is 9.82. The Kier molecular flexibility index (Phi) is 3.36. The minimum atomic E-state index is -0.707. The number of aliphatic hydroxyl groups is 1. The van der Waals surface area contributed by atoms with Crippen molar-refractivity contribution < 1.29 is 5.11 Å². The van der Waals surface area contributed by atoms with E-state index < -0.39 is 5.60 Å². The quantitative estimate of drug-likeness (QED) is 0.896. The first-order valence-electron chi connectivity index (χ1n) is 7.16. The van der Waals surface area contributed by atoms with Crippen LogP contribution in [0.2, 0.25) is 0 Å². The minimum Gasteiger partial charge on any atom is -0.389 e. The fourth-order valence-corrected chi connectivity index (χ4v) is 2.90. The van der Waals surface area contributed by atoms with Crippen molar-refractivity contribution >= 4 is 0 Å². The monoisotopic (exact) mass is 267 g/mol. The molecule has 0 atom stereocenters. The van der Waals surface area contributed by atoms with Crippen LogP contribution in [0.4, 0.5) is 0 Å². The van der Waals surface area contributed by atoms with E-state index in [2.05, 4.69) is 53.8 Å². The van der Waals surface area contributed by atoms with E-state index in [0.29, 0.717) is 6.54 Å². The first-order valence-corrected chi connectivity index (χ1v) is 7.16. The van der Waals surface area contributed by atoms with Gasteiger partial charge in [-0.25, -0.2) is 0 Å². The molecule has 0 spiro atoms. The van der Waals surface area contributed by atoms with Crippen molar-refractivity contribution in [3.05, 3.63) is 70.8 Å². The van der Waals surface area contributed by atoms with Gasteiger partial charge < -0.3 is 10.4 Å². The lowest BCUT2D eigenvalue weighted by Gasteiger charge is -2.31. The summed E-state index contributed by atoms with van der Waals surface area (Å²) in [7, 11) is 0. The fourth-order valence-electron chi connectivity index (χ4n) is 2.90. The van der Waals surface area contributed by atoms with Crippen LogP contribution in [0, 0.1) is 0 Å². The van der Waals surface area contributed by atoms with Crippen molar-refractivity contribution in [2.24, 2.45) is 0 Å². The van der Waals surface area contributed by atoms with Crippen molar-refractivity contribution in [1.29, 1.82) is 0 Å². The van der Waals surface area contributed by atoms with Gasteiger partial charge in [-0.05, 0) is 42.5 Å². The van der Waals surface area contributed by atoms with Crippen LogP contribution in [0.3, 0.4) is 0 Å². The van der Waals surface area contributed by atoms with Crippen molar-refractivity contribution in [2.45, 2.75) is 31.9 Å². The summed E-state index contributed by atoms with van der Waals surface area (Å²) in [5.41, 5.74) is 4.70. The van der Waals surface area contributed by atoms with Gasteiger partial charge >= 0.3 is 0 Å². The van der Waals surface area contributed by atoms with E-state index in [1.807, 2.05) is 13.8 Å². The third kappa shape index (κ3) is 2.62. The summed E-state index contributed by atoms with van der Waals surface area (Å²) in [4.78, 5) is 0. The van der Waals surface area contributed by atoms with Gasteiger partial charge in [-0.3, -0.25) is 0 Å². The maximum atomic E-state index is 9.98. The molecule has 0 saturated heterocycles. The highest BCUT2D eigenvalue weighted by atomic mass is 16.3. The minimum absolute atomic E-state index is 0.169. The molecule has 0 aromatic heterocycles. The largest absolute Gasteiger partial charge is 0.389 e. The fraction of sp³-hybridized carbons (Fsp3) is 0.333. The lowest BCUT2D eigenvalue weighted by molar-refractivity contribution is 0.0776. The number of benzene rings is 2. The highest BCUT2D eigenvalue weighted by Crippen LogP contribution is 2.34. The first kappa shape index (κ1) is 13.3. The molecule has 2 aromatic carbocycles. The summed E-state index contributed by atoms with van der Waals surface area (Å²) in [5.74, 6) is 0. The third-order valence-corrected chi connectivity index (χ3v) is 3.85. The Balaban J connectivity index is 1.99. The molecule has 0 unspecified atom stereocenters. The molecule has 0 bridgehead atoms. The van der Waals surface area contributed by atoms with E-state index in [0.717, 1.165) is 6.42 Å². The van der Waals surface area contributed by atoms with E-state index in [-0.39, 0.29) is 6.04 Å². The second-order valence-corrected chi connectivity index (χ2v) is 6.20. The van der Waals surface area contributed by atoms with Crippen LogP contribution in [0.15, 0.2) is 48.5 Å². The Morgan fingerprint density at radius 2 is 1.50 bits per heavy atom. The summed E-state index contributed by atoms with van der Waals surface area (Å²) in [6.07, 6.45) is 0.993. The van der Waals surface area contributed by atoms with E-state index >= 15 is 0 Å². The zero-order valence-corrected chi connectivity index (χ0v) is 12.1. The SMILES string of the molecule is CC(C)(O)CNC1c2ccccc2Cc2ccccc21. The molecule has 2 heteroatoms. The summed E-state index contributed by atoms with van der Waals surface area (Å²) in [6.45, 7) is 4.24. The average Bonchev–Trinajstić information content (AvgIpc) is 2.42. The zero-order chi connectivity index (χ0) is 14.2. The van der Waals surface area contributed by atoms with Crippen LogP contribution in [0.25, 0.3) is 0 Å². The third-order valence-electron chi connectivity index (χ3n) is 3.85. The number of fused-ring (bicyclic) bond motifs is 2. The number of hydrogen-bond acceptors (Lipinski definition) is 2. The lowest BCUT2D eigenvalue weighted by Crippen LogP contribution is -2.38. The Morgan fingerprint density at radius 3 is 2.00 bits per heavy atom. The smallest absolute Gasteiger partial charge is 0.0715 e. The topological polar surface area (TPSA) is 32.3 Å². The van der Waals surface area contributed by atoms with Crippen LogP contribution in [0.5, 0.6) is 0 Å². The van der Waals surface area contributed by atoms with Gasteiger partial charge in [0.1, 0.15) is 0 Å². The van der Waals surface area contributed by atoms with Crippen molar-refractivity contribution in [3.63, 3.8) is 0 Å². The van der Waals surface area contributed by atoms with E-state index in [4.69, 9.17) is 0 Å². The van der Waals surface area contributed by atoms with Gasteiger partial charge in [0.25, 0.3) is 0 Å². The van der Waals surface area contributed by atoms with Gasteiger partial charge in [0.15, 0.2) is 0 Å². The molecular formula is C18H21NO. The zero-order valence-electron chi connectivity index (χ0n) is 12.1. The Hall–Kier alpha value is -1.64. The van der Waals surface area contributed by atoms with Crippen molar-refractivity contribution in [3.8, 4) is 0 Å². The first-order chi connectivity index (χ1) is 9.54. The van der Waals surface area contributed by atoms with Gasteiger partial charge in [0.2, 0.25) is 0 Å². The van der Waals surface area contributed by atoms with Gasteiger partial charge in [-0.2, -0.15) is 0 Å². The van der Waals surface area contributed by atoms with Crippen LogP contribution >= 0.6 is 0 Å². The molecule has 104 valence electrons. The second-order valence-electron chi connectivity index (χ2n) is 6.20. The molecule has 1 aliphatic rings. The van der Waals surface area contributed by atoms with Crippen LogP contribution in [-0.2, 0) is 6.42 Å². The maximum Gasteiger partial charge on any atom is 0.0715 e. The molecule has 0 saturated carbocycles. The van der Waals surface area contributed by atoms with Crippen LogP contribution < -0.4 is 5.32 Å². The Labute approximate surface area is 120 Å². The van der Waals surface area contributed by atoms with Gasteiger partial charge in [-0.1, -0.05) is 48.5 Å². The Bertz CT molecular complexity index is 567. The highest BCUT2D eigenvalue weighted by Gasteiger charge is 2.26. The molecule has 0 radical (unpaired) electrons. The van der Waals surface area contributed by atoms with Crippen molar-refractivity contribution in [1.82, 2.24) is 5.32 Å². The summed E-state index contributed by atoms with van der Waals surface area (Å²) in [5, 5.41) is 13.5. The summed E-state index contributed by atoms with van der Waals surface area (Å²) < 4.78 is 0. The molecule has 2 nitrogen and oxygen atoms in total. The molecule has 1 aliphatic carbocycles. The molecule has 0 fully saturated rings. The highest BCUT2D eigenvalue weighted by molar-refractivity contribution is 5.48. The van der Waals surface area contributed by atoms with E-state index in [1.54, 1.807) is 0 Å². The standard InChI is InChI=1S/C18H21NO/c1-18(2,20)12-19-17-15-9-5-3-7-13(15)11-14-8-4-6-10-16(14)17/h3-10,17,19-20H,11-12H2,1-2H3. The van der Waals surface area contributed by atoms with E-state index in [1.165, 1.54) is 22.3 Å². The van der Waals surface area contributed by atoms with Crippen molar-refractivity contribution in [2.75, 3.05) is 6.54 Å². The summed E-state index contributed by atoms with van der Waals surface area (Å²) in [6, 6.07) is 17.3. The van der Waals surface area contributed by atoms with Crippen LogP contribution in [-0.4, -0.2) is 17.3 Å². The Morgan fingerprint density at radius 1 is 1.00 bits per heavy atom. The normalized spacial score (nSPS) is 14.8. The van der Waals surface area contributed by atoms with Gasteiger partial charge in [-0.15, -0.1) is 0 Å². The molecule has 0 aliphatic heterocycles. The number of rotatable bonds is 3. The molecule has 2 N–H and O–H groups in total. The maximum absolute atomic E-state index is 9.98. The molecular weight excluding hydrogens is 246 g/mol. The molecule has 0 amide bonds. The molecule has 0 heterocycles. The predicted octanol–water partition coefficient (Wildman–Crippen LogP) is 3.04. The molecule has 20 heavy (non-hydrogen) atoms. The predicted molar refractivity (Wildman–Crippen MR) is 81.8 cm³/mol. The van der Waals surface area contributed by atoms with Gasteiger partial charge in [0, 0.05) is 6.54 Å². The molecule has 2 aromatic rings. The van der Waals surface area contributed by atoms with E-state index in [9.17, 15) is 5.11 Å². The molecule has 3 rings (SSSR count). The summed E-state index contributed by atoms with van der Waals surface area (Å²) >= 11 is 0. The number of hydrogen-bond donors (Lipinski definition) is 2. The second kappa shape index (κ2) is 5.04.